The number of aromatic nitrogens is 3. The van der Waals surface area contributed by atoms with Crippen LogP contribution in [0.25, 0.3) is 10.9 Å². The van der Waals surface area contributed by atoms with E-state index in [1.54, 1.807) is 0 Å². The Hall–Kier alpha value is -1.78. The Kier molecular flexibility index (Phi) is 2.81. The standard InChI is InChI=1S/C12H8Cl2N4/c13-8-6-16-12(14)18-11(8)17-9-3-1-2-7-4-5-15-10(7)9/h1-6,15H,(H,16,17,18). The van der Waals surface area contributed by atoms with Crippen molar-refractivity contribution in [2.45, 2.75) is 0 Å². The third-order valence-corrected chi connectivity index (χ3v) is 3.01. The molecule has 3 aromatic rings. The zero-order chi connectivity index (χ0) is 12.5. The number of H-pyrrole nitrogens is 1. The Morgan fingerprint density at radius 1 is 1.17 bits per heavy atom. The molecule has 0 aliphatic heterocycles. The van der Waals surface area contributed by atoms with Gasteiger partial charge >= 0.3 is 0 Å². The lowest BCUT2D eigenvalue weighted by molar-refractivity contribution is 1.17. The minimum Gasteiger partial charge on any atom is -0.359 e. The van der Waals surface area contributed by atoms with Gasteiger partial charge in [0.2, 0.25) is 5.28 Å². The molecule has 0 aliphatic carbocycles. The Bertz CT molecular complexity index is 708. The maximum atomic E-state index is 6.01. The number of nitrogens with zero attached hydrogens (tertiary/aromatic N) is 2. The molecule has 0 saturated heterocycles. The maximum absolute atomic E-state index is 6.01. The lowest BCUT2D eigenvalue weighted by Gasteiger charge is -2.08. The SMILES string of the molecule is Clc1ncc(Cl)c(Nc2cccc3cc[nH]c23)n1. The normalized spacial score (nSPS) is 10.8. The third-order valence-electron chi connectivity index (χ3n) is 2.56. The minimum atomic E-state index is 0.153. The summed E-state index contributed by atoms with van der Waals surface area (Å²) in [6.45, 7) is 0. The molecular weight excluding hydrogens is 271 g/mol. The van der Waals surface area contributed by atoms with E-state index >= 15 is 0 Å². The lowest BCUT2D eigenvalue weighted by atomic mass is 10.2. The monoisotopic (exact) mass is 278 g/mol. The number of rotatable bonds is 2. The van der Waals surface area contributed by atoms with Gasteiger partial charge in [-0.25, -0.2) is 4.98 Å². The molecule has 0 bridgehead atoms. The summed E-state index contributed by atoms with van der Waals surface area (Å²) in [7, 11) is 0. The largest absolute Gasteiger partial charge is 0.359 e. The van der Waals surface area contributed by atoms with Gasteiger partial charge in [0.1, 0.15) is 5.02 Å². The van der Waals surface area contributed by atoms with Crippen LogP contribution in [0.15, 0.2) is 36.7 Å². The van der Waals surface area contributed by atoms with Crippen molar-refractivity contribution in [2.75, 3.05) is 5.32 Å². The number of anilines is 2. The molecule has 2 N–H and O–H groups in total. The zero-order valence-corrected chi connectivity index (χ0v) is 10.6. The molecule has 2 heterocycles. The Balaban J connectivity index is 2.06. The van der Waals surface area contributed by atoms with Crippen LogP contribution in [0.5, 0.6) is 0 Å². The van der Waals surface area contributed by atoms with Crippen LogP contribution in [0.4, 0.5) is 11.5 Å². The highest BCUT2D eigenvalue weighted by Gasteiger charge is 2.07. The van der Waals surface area contributed by atoms with Crippen molar-refractivity contribution in [1.82, 2.24) is 15.0 Å². The van der Waals surface area contributed by atoms with E-state index in [0.29, 0.717) is 10.8 Å². The van der Waals surface area contributed by atoms with E-state index in [4.69, 9.17) is 23.2 Å². The highest BCUT2D eigenvalue weighted by Crippen LogP contribution is 2.28. The van der Waals surface area contributed by atoms with Gasteiger partial charge in [0.05, 0.1) is 17.4 Å². The molecule has 0 fully saturated rings. The van der Waals surface area contributed by atoms with Gasteiger partial charge in [0.15, 0.2) is 5.82 Å². The predicted molar refractivity (Wildman–Crippen MR) is 73.6 cm³/mol. The van der Waals surface area contributed by atoms with Crippen molar-refractivity contribution in [3.8, 4) is 0 Å². The van der Waals surface area contributed by atoms with Crippen molar-refractivity contribution < 1.29 is 0 Å². The zero-order valence-electron chi connectivity index (χ0n) is 9.11. The quantitative estimate of drug-likeness (QED) is 0.697. The molecule has 4 nitrogen and oxygen atoms in total. The highest BCUT2D eigenvalue weighted by molar-refractivity contribution is 6.33. The molecule has 0 atom stereocenters. The van der Waals surface area contributed by atoms with Crippen LogP contribution in [-0.2, 0) is 0 Å². The smallest absolute Gasteiger partial charge is 0.224 e. The van der Waals surface area contributed by atoms with Gasteiger partial charge < -0.3 is 10.3 Å². The van der Waals surface area contributed by atoms with E-state index in [-0.39, 0.29) is 5.28 Å². The fourth-order valence-corrected chi connectivity index (χ4v) is 2.02. The Morgan fingerprint density at radius 3 is 2.94 bits per heavy atom. The molecule has 0 radical (unpaired) electrons. The number of benzene rings is 1. The third kappa shape index (κ3) is 2.00. The summed E-state index contributed by atoms with van der Waals surface area (Å²) in [6, 6.07) is 7.90. The van der Waals surface area contributed by atoms with Crippen molar-refractivity contribution in [2.24, 2.45) is 0 Å². The number of halogens is 2. The van der Waals surface area contributed by atoms with Crippen molar-refractivity contribution in [3.05, 3.63) is 47.0 Å². The number of hydrogen-bond acceptors (Lipinski definition) is 3. The molecule has 3 rings (SSSR count). The second-order valence-electron chi connectivity index (χ2n) is 3.71. The van der Waals surface area contributed by atoms with Crippen LogP contribution in [0.2, 0.25) is 10.3 Å². The number of para-hydroxylation sites is 1. The summed E-state index contributed by atoms with van der Waals surface area (Å²) >= 11 is 11.8. The van der Waals surface area contributed by atoms with Gasteiger partial charge in [-0.05, 0) is 23.7 Å². The molecular formula is C12H8Cl2N4. The first-order valence-electron chi connectivity index (χ1n) is 5.25. The molecule has 90 valence electrons. The van der Waals surface area contributed by atoms with Crippen LogP contribution in [0.3, 0.4) is 0 Å². The number of aromatic amines is 1. The molecule has 2 aromatic heterocycles. The number of fused-ring (bicyclic) bond motifs is 1. The number of hydrogen-bond donors (Lipinski definition) is 2. The fraction of sp³-hybridized carbons (Fsp3) is 0. The lowest BCUT2D eigenvalue weighted by Crippen LogP contribution is -1.96. The first kappa shape index (κ1) is 11.3. The predicted octanol–water partition coefficient (Wildman–Crippen LogP) is 4.01. The van der Waals surface area contributed by atoms with Gasteiger partial charge in [-0.1, -0.05) is 23.7 Å². The second kappa shape index (κ2) is 4.48. The number of nitrogens with one attached hydrogen (secondary N) is 2. The van der Waals surface area contributed by atoms with E-state index in [0.717, 1.165) is 16.6 Å². The fourth-order valence-electron chi connectivity index (χ4n) is 1.75. The molecule has 0 unspecified atom stereocenters. The maximum Gasteiger partial charge on any atom is 0.224 e. The van der Waals surface area contributed by atoms with E-state index < -0.39 is 0 Å². The molecule has 0 saturated carbocycles. The molecule has 1 aromatic carbocycles. The van der Waals surface area contributed by atoms with Gasteiger partial charge in [-0.2, -0.15) is 4.98 Å². The van der Waals surface area contributed by atoms with Gasteiger partial charge in [-0.15, -0.1) is 0 Å². The van der Waals surface area contributed by atoms with Gasteiger partial charge in [-0.3, -0.25) is 0 Å². The topological polar surface area (TPSA) is 53.6 Å². The van der Waals surface area contributed by atoms with Crippen LogP contribution >= 0.6 is 23.2 Å². The van der Waals surface area contributed by atoms with E-state index in [2.05, 4.69) is 20.3 Å². The summed E-state index contributed by atoms with van der Waals surface area (Å²) in [6.07, 6.45) is 3.35. The van der Waals surface area contributed by atoms with E-state index in [9.17, 15) is 0 Å². The average molecular weight is 279 g/mol. The van der Waals surface area contributed by atoms with Crippen LogP contribution in [0.1, 0.15) is 0 Å². The summed E-state index contributed by atoms with van der Waals surface area (Å²) in [5, 5.41) is 4.82. The van der Waals surface area contributed by atoms with Crippen LogP contribution in [-0.4, -0.2) is 15.0 Å². The Labute approximate surface area is 113 Å². The molecule has 0 amide bonds. The summed E-state index contributed by atoms with van der Waals surface area (Å²) in [5.41, 5.74) is 1.87. The molecule has 0 spiro atoms. The summed E-state index contributed by atoms with van der Waals surface area (Å²) in [5.74, 6) is 0.485. The van der Waals surface area contributed by atoms with Crippen molar-refractivity contribution in [1.29, 1.82) is 0 Å². The average Bonchev–Trinajstić information content (AvgIpc) is 2.83. The Morgan fingerprint density at radius 2 is 2.06 bits per heavy atom. The first-order chi connectivity index (χ1) is 8.74. The first-order valence-corrected chi connectivity index (χ1v) is 6.01. The van der Waals surface area contributed by atoms with Gasteiger partial charge in [0, 0.05) is 11.6 Å². The van der Waals surface area contributed by atoms with Crippen molar-refractivity contribution >= 4 is 45.6 Å². The van der Waals surface area contributed by atoms with Crippen molar-refractivity contribution in [3.63, 3.8) is 0 Å². The molecule has 0 aliphatic rings. The second-order valence-corrected chi connectivity index (χ2v) is 4.45. The van der Waals surface area contributed by atoms with E-state index in [1.165, 1.54) is 6.20 Å². The molecule has 18 heavy (non-hydrogen) atoms. The van der Waals surface area contributed by atoms with Gasteiger partial charge in [0.25, 0.3) is 0 Å². The minimum absolute atomic E-state index is 0.153. The van der Waals surface area contributed by atoms with E-state index in [1.807, 2.05) is 30.5 Å². The summed E-state index contributed by atoms with van der Waals surface area (Å²) < 4.78 is 0. The summed E-state index contributed by atoms with van der Waals surface area (Å²) in [4.78, 5) is 11.0. The highest BCUT2D eigenvalue weighted by atomic mass is 35.5. The van der Waals surface area contributed by atoms with Crippen LogP contribution in [0, 0.1) is 0 Å². The molecule has 6 heteroatoms. The van der Waals surface area contributed by atoms with Crippen LogP contribution < -0.4 is 5.32 Å².